The molecule has 1 atom stereocenters. The fourth-order valence-corrected chi connectivity index (χ4v) is 1.40. The summed E-state index contributed by atoms with van der Waals surface area (Å²) in [6.07, 6.45) is 7.26. The average molecular weight is 169 g/mol. The lowest BCUT2D eigenvalue weighted by atomic mass is 10.1. The van der Waals surface area contributed by atoms with Crippen LogP contribution >= 0.6 is 0 Å². The molecule has 1 rings (SSSR count). The summed E-state index contributed by atoms with van der Waals surface area (Å²) in [7, 11) is 0. The molecule has 1 fully saturated rings. The van der Waals surface area contributed by atoms with Crippen molar-refractivity contribution < 1.29 is 9.90 Å². The van der Waals surface area contributed by atoms with Crippen LogP contribution in [0.4, 0.5) is 0 Å². The van der Waals surface area contributed by atoms with E-state index >= 15 is 0 Å². The number of nitrogens with one attached hydrogen (secondary N) is 1. The van der Waals surface area contributed by atoms with E-state index in [1.165, 1.54) is 12.8 Å². The third-order valence-electron chi connectivity index (χ3n) is 2.04. The molecule has 3 nitrogen and oxygen atoms in total. The fraction of sp³-hybridized carbons (Fsp3) is 0.667. The van der Waals surface area contributed by atoms with Crippen molar-refractivity contribution in [3.05, 3.63) is 12.2 Å². The van der Waals surface area contributed by atoms with E-state index in [9.17, 15) is 4.79 Å². The van der Waals surface area contributed by atoms with Gasteiger partial charge in [0.15, 0.2) is 0 Å². The summed E-state index contributed by atoms with van der Waals surface area (Å²) in [6.45, 7) is 1.11. The molecule has 0 spiro atoms. The smallest absolute Gasteiger partial charge is 0.307 e. The highest BCUT2D eigenvalue weighted by molar-refractivity contribution is 5.68. The molecule has 0 aromatic rings. The lowest BCUT2D eigenvalue weighted by Crippen LogP contribution is -2.19. The van der Waals surface area contributed by atoms with Gasteiger partial charge in [0, 0.05) is 6.04 Å². The van der Waals surface area contributed by atoms with E-state index in [1.807, 2.05) is 6.08 Å². The minimum absolute atomic E-state index is 0.146. The Bertz CT molecular complexity index is 171. The molecule has 2 N–H and O–H groups in total. The fourth-order valence-electron chi connectivity index (χ4n) is 1.40. The molecule has 0 bridgehead atoms. The summed E-state index contributed by atoms with van der Waals surface area (Å²) in [5.41, 5.74) is 0. The van der Waals surface area contributed by atoms with Gasteiger partial charge in [-0.25, -0.2) is 0 Å². The standard InChI is InChI=1S/C9H15NO2/c11-9(12)6-2-1-4-8-5-3-7-10-8/h1-2,8,10H,3-7H2,(H,11,12)/b2-1-. The number of rotatable bonds is 4. The molecular formula is C9H15NO2. The Morgan fingerprint density at radius 1 is 1.58 bits per heavy atom. The second-order valence-electron chi connectivity index (χ2n) is 3.10. The third-order valence-corrected chi connectivity index (χ3v) is 2.04. The van der Waals surface area contributed by atoms with Crippen molar-refractivity contribution in [3.63, 3.8) is 0 Å². The van der Waals surface area contributed by atoms with E-state index in [1.54, 1.807) is 6.08 Å². The predicted molar refractivity (Wildman–Crippen MR) is 47.0 cm³/mol. The summed E-state index contributed by atoms with van der Waals surface area (Å²) in [6, 6.07) is 0.579. The molecule has 0 radical (unpaired) electrons. The second-order valence-corrected chi connectivity index (χ2v) is 3.10. The highest BCUT2D eigenvalue weighted by Crippen LogP contribution is 2.08. The van der Waals surface area contributed by atoms with Crippen LogP contribution < -0.4 is 5.32 Å². The van der Waals surface area contributed by atoms with E-state index in [2.05, 4.69) is 5.32 Å². The molecule has 3 heteroatoms. The van der Waals surface area contributed by atoms with Gasteiger partial charge in [0.05, 0.1) is 6.42 Å². The number of carbonyl (C=O) groups is 1. The SMILES string of the molecule is O=C(O)C/C=C\CC1CCCN1. The number of hydrogen-bond acceptors (Lipinski definition) is 2. The molecule has 0 aromatic carbocycles. The Labute approximate surface area is 72.5 Å². The first-order chi connectivity index (χ1) is 5.79. The van der Waals surface area contributed by atoms with Crippen molar-refractivity contribution in [3.8, 4) is 0 Å². The van der Waals surface area contributed by atoms with Crippen LogP contribution in [0.3, 0.4) is 0 Å². The van der Waals surface area contributed by atoms with Crippen molar-refractivity contribution in [2.75, 3.05) is 6.54 Å². The maximum atomic E-state index is 10.1. The molecule has 1 saturated heterocycles. The van der Waals surface area contributed by atoms with E-state index in [4.69, 9.17) is 5.11 Å². The summed E-state index contributed by atoms with van der Waals surface area (Å²) >= 11 is 0. The molecule has 0 aliphatic carbocycles. The summed E-state index contributed by atoms with van der Waals surface area (Å²) in [5.74, 6) is -0.759. The van der Waals surface area contributed by atoms with Crippen LogP contribution in [0, 0.1) is 0 Å². The zero-order valence-corrected chi connectivity index (χ0v) is 7.12. The van der Waals surface area contributed by atoms with Gasteiger partial charge in [0.2, 0.25) is 0 Å². The zero-order valence-electron chi connectivity index (χ0n) is 7.12. The third kappa shape index (κ3) is 3.53. The minimum Gasteiger partial charge on any atom is -0.481 e. The van der Waals surface area contributed by atoms with Crippen LogP contribution in [0.25, 0.3) is 0 Å². The number of carboxylic acids is 1. The Morgan fingerprint density at radius 2 is 2.42 bits per heavy atom. The quantitative estimate of drug-likeness (QED) is 0.621. The van der Waals surface area contributed by atoms with E-state index in [-0.39, 0.29) is 6.42 Å². The summed E-state index contributed by atoms with van der Waals surface area (Å²) in [5, 5.41) is 11.7. The molecule has 1 unspecified atom stereocenters. The van der Waals surface area contributed by atoms with E-state index in [0.29, 0.717) is 6.04 Å². The number of aliphatic carboxylic acids is 1. The number of hydrogen-bond donors (Lipinski definition) is 2. The molecule has 12 heavy (non-hydrogen) atoms. The van der Waals surface area contributed by atoms with Crippen molar-refractivity contribution >= 4 is 5.97 Å². The van der Waals surface area contributed by atoms with Crippen LogP contribution in [0.1, 0.15) is 25.7 Å². The van der Waals surface area contributed by atoms with Gasteiger partial charge in [-0.15, -0.1) is 0 Å². The van der Waals surface area contributed by atoms with Gasteiger partial charge in [0.25, 0.3) is 0 Å². The highest BCUT2D eigenvalue weighted by Gasteiger charge is 2.11. The van der Waals surface area contributed by atoms with Gasteiger partial charge in [-0.05, 0) is 25.8 Å². The predicted octanol–water partition coefficient (Wildman–Crippen LogP) is 1.16. The van der Waals surface area contributed by atoms with Crippen LogP contribution in [-0.4, -0.2) is 23.7 Å². The second kappa shape index (κ2) is 4.93. The number of carboxylic acid groups (broad SMARTS) is 1. The molecule has 0 amide bonds. The first-order valence-electron chi connectivity index (χ1n) is 4.39. The van der Waals surface area contributed by atoms with Crippen molar-refractivity contribution in [1.82, 2.24) is 5.32 Å². The van der Waals surface area contributed by atoms with Crippen molar-refractivity contribution in [1.29, 1.82) is 0 Å². The normalized spacial score (nSPS) is 23.5. The maximum Gasteiger partial charge on any atom is 0.307 e. The Hall–Kier alpha value is -0.830. The largest absolute Gasteiger partial charge is 0.481 e. The van der Waals surface area contributed by atoms with Crippen LogP contribution in [0.5, 0.6) is 0 Å². The van der Waals surface area contributed by atoms with Crippen molar-refractivity contribution in [2.24, 2.45) is 0 Å². The van der Waals surface area contributed by atoms with Crippen LogP contribution in [-0.2, 0) is 4.79 Å². The van der Waals surface area contributed by atoms with Crippen LogP contribution in [0.15, 0.2) is 12.2 Å². The molecular weight excluding hydrogens is 154 g/mol. The molecule has 0 aromatic heterocycles. The minimum atomic E-state index is -0.759. The van der Waals surface area contributed by atoms with Gasteiger partial charge in [-0.1, -0.05) is 12.2 Å². The Kier molecular flexibility index (Phi) is 3.80. The van der Waals surface area contributed by atoms with Crippen LogP contribution in [0.2, 0.25) is 0 Å². The molecule has 1 aliphatic rings. The van der Waals surface area contributed by atoms with E-state index in [0.717, 1.165) is 13.0 Å². The molecule has 1 heterocycles. The van der Waals surface area contributed by atoms with Gasteiger partial charge >= 0.3 is 5.97 Å². The van der Waals surface area contributed by atoms with Crippen molar-refractivity contribution in [2.45, 2.75) is 31.7 Å². The maximum absolute atomic E-state index is 10.1. The van der Waals surface area contributed by atoms with E-state index < -0.39 is 5.97 Å². The zero-order chi connectivity index (χ0) is 8.81. The van der Waals surface area contributed by atoms with Gasteiger partial charge in [-0.3, -0.25) is 4.79 Å². The first kappa shape index (κ1) is 9.26. The van der Waals surface area contributed by atoms with Gasteiger partial charge in [-0.2, -0.15) is 0 Å². The Balaban J connectivity index is 2.07. The van der Waals surface area contributed by atoms with Gasteiger partial charge < -0.3 is 10.4 Å². The summed E-state index contributed by atoms with van der Waals surface area (Å²) < 4.78 is 0. The first-order valence-corrected chi connectivity index (χ1v) is 4.39. The van der Waals surface area contributed by atoms with Gasteiger partial charge in [0.1, 0.15) is 0 Å². The highest BCUT2D eigenvalue weighted by atomic mass is 16.4. The molecule has 68 valence electrons. The topological polar surface area (TPSA) is 49.3 Å². The monoisotopic (exact) mass is 169 g/mol. The molecule has 0 saturated carbocycles. The lowest BCUT2D eigenvalue weighted by molar-refractivity contribution is -0.136. The lowest BCUT2D eigenvalue weighted by Gasteiger charge is -2.04. The molecule has 1 aliphatic heterocycles. The average Bonchev–Trinajstić information content (AvgIpc) is 2.49. The Morgan fingerprint density at radius 3 is 3.00 bits per heavy atom. The summed E-state index contributed by atoms with van der Waals surface area (Å²) in [4.78, 5) is 10.1.